The van der Waals surface area contributed by atoms with Crippen LogP contribution in [0.15, 0.2) is 0 Å². The molecule has 108 valence electrons. The lowest BCUT2D eigenvalue weighted by molar-refractivity contribution is 0.341. The highest BCUT2D eigenvalue weighted by Crippen LogP contribution is 2.65. The zero-order valence-electron chi connectivity index (χ0n) is 11.7. The van der Waals surface area contributed by atoms with Crippen LogP contribution >= 0.6 is 0 Å². The van der Waals surface area contributed by atoms with E-state index in [1.807, 2.05) is 0 Å². The molecule has 0 aromatic rings. The van der Waals surface area contributed by atoms with Gasteiger partial charge in [-0.2, -0.15) is 0 Å². The van der Waals surface area contributed by atoms with Gasteiger partial charge in [-0.15, -0.1) is 0 Å². The summed E-state index contributed by atoms with van der Waals surface area (Å²) in [6, 6.07) is 1.21. The summed E-state index contributed by atoms with van der Waals surface area (Å²) in [5.41, 5.74) is 0. The molecule has 6 unspecified atom stereocenters. The van der Waals surface area contributed by atoms with E-state index < -0.39 is 9.84 Å². The van der Waals surface area contributed by atoms with E-state index in [4.69, 9.17) is 0 Å². The van der Waals surface area contributed by atoms with Gasteiger partial charge in [-0.25, -0.2) is 8.42 Å². The predicted octanol–water partition coefficient (Wildman–Crippen LogP) is 1.98. The third-order valence-corrected chi connectivity index (χ3v) is 8.03. The third kappa shape index (κ3) is 2.06. The molecule has 0 aliphatic heterocycles. The second-order valence-corrected chi connectivity index (χ2v) is 9.82. The summed E-state index contributed by atoms with van der Waals surface area (Å²) in [7, 11) is -2.84. The zero-order chi connectivity index (χ0) is 13.2. The van der Waals surface area contributed by atoms with Crippen molar-refractivity contribution in [3.63, 3.8) is 0 Å². The molecule has 4 fully saturated rings. The quantitative estimate of drug-likeness (QED) is 0.861. The number of fused-ring (bicyclic) bond motifs is 5. The van der Waals surface area contributed by atoms with Crippen LogP contribution in [-0.4, -0.2) is 32.0 Å². The topological polar surface area (TPSA) is 46.2 Å². The molecule has 3 nitrogen and oxygen atoms in total. The van der Waals surface area contributed by atoms with Crippen LogP contribution in [0.25, 0.3) is 0 Å². The van der Waals surface area contributed by atoms with Crippen molar-refractivity contribution >= 4 is 9.84 Å². The minimum absolute atomic E-state index is 0.0888. The Kier molecular flexibility index (Phi) is 2.79. The van der Waals surface area contributed by atoms with Crippen molar-refractivity contribution in [3.05, 3.63) is 0 Å². The maximum Gasteiger partial charge on any atom is 0.150 e. The van der Waals surface area contributed by atoms with Crippen LogP contribution in [-0.2, 0) is 9.84 Å². The molecule has 0 aromatic heterocycles. The van der Waals surface area contributed by atoms with E-state index in [0.29, 0.717) is 6.04 Å². The Morgan fingerprint density at radius 2 is 1.63 bits per heavy atom. The van der Waals surface area contributed by atoms with Crippen LogP contribution in [0.4, 0.5) is 0 Å². The van der Waals surface area contributed by atoms with E-state index in [2.05, 4.69) is 5.32 Å². The summed E-state index contributed by atoms with van der Waals surface area (Å²) in [5, 5.41) is 3.74. The summed E-state index contributed by atoms with van der Waals surface area (Å²) in [6.07, 6.45) is 9.79. The molecule has 0 radical (unpaired) electrons. The Labute approximate surface area is 116 Å². The lowest BCUT2D eigenvalue weighted by atomic mass is 9.94. The minimum atomic E-state index is -2.84. The highest BCUT2D eigenvalue weighted by Gasteiger charge is 2.65. The molecule has 19 heavy (non-hydrogen) atoms. The fraction of sp³-hybridized carbons (Fsp3) is 1.00. The molecule has 0 saturated heterocycles. The first-order valence-electron chi connectivity index (χ1n) is 7.99. The van der Waals surface area contributed by atoms with E-state index in [-0.39, 0.29) is 5.25 Å². The standard InChI is InChI=1S/C15H25NO2S/c1-19(17,18)12-4-2-3-11(8-12)16-15-13-9-5-6-10(7-9)14(13)15/h9-16H,2-8H2,1H3. The average Bonchev–Trinajstić information content (AvgIpc) is 2.77. The van der Waals surface area contributed by atoms with Crippen molar-refractivity contribution in [3.8, 4) is 0 Å². The summed E-state index contributed by atoms with van der Waals surface area (Å²) in [5.74, 6) is 3.92. The fourth-order valence-electron chi connectivity index (χ4n) is 5.51. The summed E-state index contributed by atoms with van der Waals surface area (Å²) < 4.78 is 23.4. The van der Waals surface area contributed by atoms with Gasteiger partial charge < -0.3 is 5.32 Å². The lowest BCUT2D eigenvalue weighted by Gasteiger charge is -2.29. The van der Waals surface area contributed by atoms with E-state index >= 15 is 0 Å². The summed E-state index contributed by atoms with van der Waals surface area (Å²) >= 11 is 0. The maximum atomic E-state index is 11.7. The van der Waals surface area contributed by atoms with E-state index in [1.54, 1.807) is 0 Å². The van der Waals surface area contributed by atoms with Crippen molar-refractivity contribution in [2.75, 3.05) is 6.26 Å². The Morgan fingerprint density at radius 1 is 0.947 bits per heavy atom. The predicted molar refractivity (Wildman–Crippen MR) is 75.6 cm³/mol. The van der Waals surface area contributed by atoms with Crippen LogP contribution in [0, 0.1) is 23.7 Å². The van der Waals surface area contributed by atoms with Crippen molar-refractivity contribution in [1.29, 1.82) is 0 Å². The monoisotopic (exact) mass is 283 g/mol. The summed E-state index contributed by atoms with van der Waals surface area (Å²) in [4.78, 5) is 0. The van der Waals surface area contributed by atoms with Gasteiger partial charge >= 0.3 is 0 Å². The Hall–Kier alpha value is -0.0900. The molecule has 4 aliphatic carbocycles. The van der Waals surface area contributed by atoms with Gasteiger partial charge in [-0.3, -0.25) is 0 Å². The lowest BCUT2D eigenvalue weighted by Crippen LogP contribution is -2.41. The second-order valence-electron chi connectivity index (χ2n) is 7.50. The van der Waals surface area contributed by atoms with E-state index in [1.165, 1.54) is 31.9 Å². The molecule has 1 N–H and O–H groups in total. The van der Waals surface area contributed by atoms with Crippen molar-refractivity contribution in [2.45, 2.75) is 62.3 Å². The Morgan fingerprint density at radius 3 is 2.26 bits per heavy atom. The van der Waals surface area contributed by atoms with Crippen LogP contribution in [0.5, 0.6) is 0 Å². The fourth-order valence-corrected chi connectivity index (χ4v) is 6.68. The third-order valence-electron chi connectivity index (χ3n) is 6.40. The number of sulfone groups is 1. The van der Waals surface area contributed by atoms with Crippen LogP contribution < -0.4 is 5.32 Å². The van der Waals surface area contributed by atoms with E-state index in [0.717, 1.165) is 49.0 Å². The molecule has 0 heterocycles. The van der Waals surface area contributed by atoms with E-state index in [9.17, 15) is 8.42 Å². The molecule has 4 aliphatic rings. The van der Waals surface area contributed by atoms with Gasteiger partial charge in [0.2, 0.25) is 0 Å². The molecule has 6 atom stereocenters. The van der Waals surface area contributed by atoms with Crippen molar-refractivity contribution in [1.82, 2.24) is 5.32 Å². The molecule has 0 amide bonds. The highest BCUT2D eigenvalue weighted by molar-refractivity contribution is 7.91. The first-order chi connectivity index (χ1) is 9.04. The molecule has 2 bridgehead atoms. The van der Waals surface area contributed by atoms with Gasteiger partial charge in [0, 0.05) is 18.3 Å². The Balaban J connectivity index is 1.37. The van der Waals surface area contributed by atoms with Crippen LogP contribution in [0.1, 0.15) is 44.9 Å². The minimum Gasteiger partial charge on any atom is -0.311 e. The van der Waals surface area contributed by atoms with Crippen molar-refractivity contribution < 1.29 is 8.42 Å². The SMILES string of the molecule is CS(=O)(=O)C1CCCC(NC2C3C4CCC(C4)C23)C1. The zero-order valence-corrected chi connectivity index (χ0v) is 12.5. The van der Waals surface area contributed by atoms with Gasteiger partial charge in [0.25, 0.3) is 0 Å². The number of rotatable bonds is 3. The van der Waals surface area contributed by atoms with Crippen LogP contribution in [0.2, 0.25) is 0 Å². The van der Waals surface area contributed by atoms with Crippen molar-refractivity contribution in [2.24, 2.45) is 23.7 Å². The highest BCUT2D eigenvalue weighted by atomic mass is 32.2. The molecule has 4 heteroatoms. The molecule has 0 aromatic carbocycles. The Bertz CT molecular complexity index is 459. The molecule has 4 saturated carbocycles. The van der Waals surface area contributed by atoms with Gasteiger partial charge in [-0.05, 0) is 62.2 Å². The number of hydrogen-bond donors (Lipinski definition) is 1. The number of hydrogen-bond acceptors (Lipinski definition) is 3. The van der Waals surface area contributed by atoms with Gasteiger partial charge in [0.1, 0.15) is 9.84 Å². The first kappa shape index (κ1) is 12.6. The summed E-state index contributed by atoms with van der Waals surface area (Å²) in [6.45, 7) is 0. The first-order valence-corrected chi connectivity index (χ1v) is 9.94. The molecular weight excluding hydrogens is 258 g/mol. The largest absolute Gasteiger partial charge is 0.311 e. The normalized spacial score (nSPS) is 52.2. The molecule has 0 spiro atoms. The molecular formula is C15H25NO2S. The van der Waals surface area contributed by atoms with Crippen LogP contribution in [0.3, 0.4) is 0 Å². The van der Waals surface area contributed by atoms with Gasteiger partial charge in [-0.1, -0.05) is 6.42 Å². The smallest absolute Gasteiger partial charge is 0.150 e. The maximum absolute atomic E-state index is 11.7. The molecule has 4 rings (SSSR count). The average molecular weight is 283 g/mol. The number of nitrogens with one attached hydrogen (secondary N) is 1. The van der Waals surface area contributed by atoms with Gasteiger partial charge in [0.15, 0.2) is 0 Å². The van der Waals surface area contributed by atoms with Gasteiger partial charge in [0.05, 0.1) is 5.25 Å². The second kappa shape index (κ2) is 4.20.